The molecule has 0 unspecified atom stereocenters. The number of amides is 2. The van der Waals surface area contributed by atoms with Gasteiger partial charge in [-0.05, 0) is 83.2 Å². The van der Waals surface area contributed by atoms with Gasteiger partial charge in [0.05, 0.1) is 20.8 Å². The van der Waals surface area contributed by atoms with Crippen molar-refractivity contribution in [3.63, 3.8) is 0 Å². The van der Waals surface area contributed by atoms with Crippen molar-refractivity contribution in [1.29, 1.82) is 0 Å². The van der Waals surface area contributed by atoms with E-state index in [0.29, 0.717) is 40.3 Å². The monoisotopic (exact) mass is 541 g/mol. The highest BCUT2D eigenvalue weighted by atomic mass is 127. The Labute approximate surface area is 191 Å². The molecule has 0 spiro atoms. The zero-order chi connectivity index (χ0) is 21.0. The van der Waals surface area contributed by atoms with Gasteiger partial charge in [0, 0.05) is 5.02 Å². The smallest absolute Gasteiger partial charge is 0.298 e. The van der Waals surface area contributed by atoms with Crippen molar-refractivity contribution in [2.45, 2.75) is 6.92 Å². The molecule has 1 heterocycles. The highest BCUT2D eigenvalue weighted by molar-refractivity contribution is 14.1. The Balaban J connectivity index is 1.94. The first kappa shape index (κ1) is 21.7. The third kappa shape index (κ3) is 4.96. The van der Waals surface area contributed by atoms with Crippen molar-refractivity contribution in [3.8, 4) is 11.5 Å². The van der Waals surface area contributed by atoms with Crippen LogP contribution in [0, 0.1) is 3.57 Å². The van der Waals surface area contributed by atoms with Crippen LogP contribution in [0.15, 0.2) is 54.0 Å². The molecule has 2 aromatic rings. The number of carbonyl (C=O) groups is 2. The summed E-state index contributed by atoms with van der Waals surface area (Å²) < 4.78 is 12.2. The summed E-state index contributed by atoms with van der Waals surface area (Å²) in [5.74, 6) is 0.806. The molecule has 2 aromatic carbocycles. The first-order valence-corrected chi connectivity index (χ1v) is 11.0. The van der Waals surface area contributed by atoms with E-state index in [1.54, 1.807) is 42.5 Å². The molecule has 150 valence electrons. The Kier molecular flexibility index (Phi) is 7.26. The van der Waals surface area contributed by atoms with Crippen LogP contribution in [0.5, 0.6) is 11.5 Å². The fourth-order valence-electron chi connectivity index (χ4n) is 2.67. The van der Waals surface area contributed by atoms with Gasteiger partial charge in [-0.25, -0.2) is 4.90 Å². The summed E-state index contributed by atoms with van der Waals surface area (Å²) in [5, 5.41) is 0.0886. The average molecular weight is 542 g/mol. The number of carbonyl (C=O) groups excluding carboxylic acids is 2. The normalized spacial score (nSPS) is 15.1. The maximum atomic E-state index is 12.8. The number of nitrogens with zero attached hydrogens (tertiary/aromatic N) is 1. The molecule has 2 amide bonds. The zero-order valence-corrected chi connectivity index (χ0v) is 19.2. The van der Waals surface area contributed by atoms with Crippen LogP contribution in [0.25, 0.3) is 6.08 Å². The van der Waals surface area contributed by atoms with Crippen molar-refractivity contribution < 1.29 is 19.1 Å². The Morgan fingerprint density at radius 2 is 2.03 bits per heavy atom. The van der Waals surface area contributed by atoms with Crippen LogP contribution in [0.3, 0.4) is 0 Å². The van der Waals surface area contributed by atoms with Crippen molar-refractivity contribution in [1.82, 2.24) is 0 Å². The number of imide groups is 1. The van der Waals surface area contributed by atoms with E-state index >= 15 is 0 Å². The van der Waals surface area contributed by atoms with Crippen molar-refractivity contribution >= 4 is 68.9 Å². The molecule has 0 N–H and O–H groups in total. The number of hydrogen-bond acceptors (Lipinski definition) is 5. The van der Waals surface area contributed by atoms with Crippen molar-refractivity contribution in [2.75, 3.05) is 18.1 Å². The van der Waals surface area contributed by atoms with Crippen LogP contribution >= 0.6 is 46.0 Å². The highest BCUT2D eigenvalue weighted by Gasteiger charge is 2.36. The molecule has 0 radical (unpaired) electrons. The Morgan fingerprint density at radius 1 is 1.24 bits per heavy atom. The highest BCUT2D eigenvalue weighted by Crippen LogP contribution is 2.39. The number of halogens is 2. The van der Waals surface area contributed by atoms with Gasteiger partial charge in [0.15, 0.2) is 11.5 Å². The summed E-state index contributed by atoms with van der Waals surface area (Å²) in [6.07, 6.45) is 3.34. The van der Waals surface area contributed by atoms with Crippen LogP contribution in [-0.4, -0.2) is 24.4 Å². The predicted molar refractivity (Wildman–Crippen MR) is 126 cm³/mol. The lowest BCUT2D eigenvalue weighted by Gasteiger charge is -2.14. The first-order chi connectivity index (χ1) is 13.9. The number of ether oxygens (including phenoxy) is 2. The second-order valence-corrected chi connectivity index (χ2v) is 8.45. The molecule has 1 fully saturated rings. The molecule has 0 bridgehead atoms. The van der Waals surface area contributed by atoms with Gasteiger partial charge in [-0.2, -0.15) is 0 Å². The molecule has 0 aromatic heterocycles. The Bertz CT molecular complexity index is 1010. The number of hydrogen-bond donors (Lipinski definition) is 0. The third-order valence-electron chi connectivity index (χ3n) is 3.84. The van der Waals surface area contributed by atoms with E-state index in [9.17, 15) is 9.59 Å². The fourth-order valence-corrected chi connectivity index (χ4v) is 4.48. The van der Waals surface area contributed by atoms with Crippen LogP contribution < -0.4 is 14.4 Å². The second-order valence-electron chi connectivity index (χ2n) is 5.86. The summed E-state index contributed by atoms with van der Waals surface area (Å²) in [6.45, 7) is 6.36. The van der Waals surface area contributed by atoms with Gasteiger partial charge in [-0.3, -0.25) is 9.59 Å². The average Bonchev–Trinajstić information content (AvgIpc) is 2.94. The molecule has 1 saturated heterocycles. The van der Waals surface area contributed by atoms with E-state index in [4.69, 9.17) is 21.1 Å². The molecular formula is C21H17ClINO4S. The van der Waals surface area contributed by atoms with Crippen molar-refractivity contribution in [2.24, 2.45) is 0 Å². The maximum Gasteiger partial charge on any atom is 0.298 e. The topological polar surface area (TPSA) is 55.8 Å². The lowest BCUT2D eigenvalue weighted by molar-refractivity contribution is -0.113. The van der Waals surface area contributed by atoms with Gasteiger partial charge >= 0.3 is 0 Å². The number of rotatable bonds is 7. The molecule has 8 heteroatoms. The minimum atomic E-state index is -0.387. The number of benzene rings is 2. The molecule has 1 aliphatic heterocycles. The maximum absolute atomic E-state index is 12.8. The van der Waals surface area contributed by atoms with E-state index in [1.807, 2.05) is 13.0 Å². The number of thioether (sulfide) groups is 1. The van der Waals surface area contributed by atoms with Gasteiger partial charge in [0.25, 0.3) is 11.1 Å². The largest absolute Gasteiger partial charge is 0.490 e. The van der Waals surface area contributed by atoms with E-state index in [0.717, 1.165) is 25.8 Å². The van der Waals surface area contributed by atoms with Gasteiger partial charge in [-0.15, -0.1) is 0 Å². The molecule has 0 atom stereocenters. The summed E-state index contributed by atoms with van der Waals surface area (Å²) in [4.78, 5) is 26.7. The van der Waals surface area contributed by atoms with E-state index in [-0.39, 0.29) is 11.1 Å². The Hall–Kier alpha value is -1.97. The molecule has 1 aliphatic rings. The lowest BCUT2D eigenvalue weighted by Crippen LogP contribution is -2.27. The minimum absolute atomic E-state index is 0.327. The predicted octanol–water partition coefficient (Wildman–Crippen LogP) is 6.15. The van der Waals surface area contributed by atoms with Gasteiger partial charge in [0.1, 0.15) is 6.61 Å². The fraction of sp³-hybridized carbons (Fsp3) is 0.143. The molecule has 0 aliphatic carbocycles. The second kappa shape index (κ2) is 9.69. The van der Waals surface area contributed by atoms with Crippen LogP contribution in [0.2, 0.25) is 5.02 Å². The van der Waals surface area contributed by atoms with Crippen LogP contribution in [-0.2, 0) is 4.79 Å². The van der Waals surface area contributed by atoms with E-state index < -0.39 is 0 Å². The lowest BCUT2D eigenvalue weighted by atomic mass is 10.1. The third-order valence-corrected chi connectivity index (χ3v) is 5.74. The van der Waals surface area contributed by atoms with Gasteiger partial charge < -0.3 is 9.47 Å². The molecule has 3 rings (SSSR count). The molecule has 29 heavy (non-hydrogen) atoms. The van der Waals surface area contributed by atoms with Crippen LogP contribution in [0.1, 0.15) is 12.5 Å². The minimum Gasteiger partial charge on any atom is -0.490 e. The molecular weight excluding hydrogens is 525 g/mol. The van der Waals surface area contributed by atoms with E-state index in [1.165, 1.54) is 0 Å². The summed E-state index contributed by atoms with van der Waals surface area (Å²) in [5.41, 5.74) is 1.18. The summed E-state index contributed by atoms with van der Waals surface area (Å²) >= 11 is 9.04. The quantitative estimate of drug-likeness (QED) is 0.239. The molecule has 0 saturated carbocycles. The van der Waals surface area contributed by atoms with E-state index in [2.05, 4.69) is 29.2 Å². The Morgan fingerprint density at radius 3 is 2.72 bits per heavy atom. The number of anilines is 1. The van der Waals surface area contributed by atoms with Crippen molar-refractivity contribution in [3.05, 3.63) is 68.1 Å². The SMILES string of the molecule is C=CCOc1c(I)cc(C=C2SC(=O)N(c3cccc(Cl)c3)C2=O)cc1OCC. The summed E-state index contributed by atoms with van der Waals surface area (Å²) in [6, 6.07) is 10.3. The summed E-state index contributed by atoms with van der Waals surface area (Å²) in [7, 11) is 0. The molecule has 5 nitrogen and oxygen atoms in total. The van der Waals surface area contributed by atoms with Crippen LogP contribution in [0.4, 0.5) is 10.5 Å². The first-order valence-electron chi connectivity index (χ1n) is 8.68. The zero-order valence-electron chi connectivity index (χ0n) is 15.5. The van der Waals surface area contributed by atoms with Gasteiger partial charge in [-0.1, -0.05) is 30.3 Å². The standard InChI is InChI=1S/C21H17ClINO4S/c1-3-8-28-19-16(23)9-13(10-17(19)27-4-2)11-18-20(25)24(21(26)29-18)15-7-5-6-14(22)12-15/h3,5-7,9-12H,1,4,8H2,2H3. The van der Waals surface area contributed by atoms with Gasteiger partial charge in [0.2, 0.25) is 0 Å².